The molecule has 1 aromatic carbocycles. The average molecular weight is 275 g/mol. The van der Waals surface area contributed by atoms with Gasteiger partial charge in [0, 0.05) is 30.6 Å². The van der Waals surface area contributed by atoms with Gasteiger partial charge in [0.2, 0.25) is 5.91 Å². The second kappa shape index (κ2) is 4.81. The molecule has 1 unspecified atom stereocenters. The van der Waals surface area contributed by atoms with E-state index in [0.29, 0.717) is 13.0 Å². The number of carbonyl (C=O) groups is 2. The van der Waals surface area contributed by atoms with Crippen LogP contribution in [0.4, 0.5) is 5.69 Å². The lowest BCUT2D eigenvalue weighted by Crippen LogP contribution is -2.25. The monoisotopic (exact) mass is 275 g/mol. The summed E-state index contributed by atoms with van der Waals surface area (Å²) in [7, 11) is 1.39. The van der Waals surface area contributed by atoms with Gasteiger partial charge in [-0.1, -0.05) is 0 Å². The summed E-state index contributed by atoms with van der Waals surface area (Å²) in [6.45, 7) is 2.79. The van der Waals surface area contributed by atoms with E-state index in [1.807, 2.05) is 12.1 Å². The van der Waals surface area contributed by atoms with Gasteiger partial charge in [0.05, 0.1) is 20.1 Å². The van der Waals surface area contributed by atoms with Crippen molar-refractivity contribution < 1.29 is 19.1 Å². The lowest BCUT2D eigenvalue weighted by atomic mass is 9.96. The van der Waals surface area contributed by atoms with Gasteiger partial charge in [-0.3, -0.25) is 9.59 Å². The van der Waals surface area contributed by atoms with E-state index in [2.05, 4.69) is 0 Å². The number of methoxy groups -OCH3 is 1. The molecule has 2 heterocycles. The fraction of sp³-hybridized carbons (Fsp3) is 0.467. The van der Waals surface area contributed by atoms with Crippen molar-refractivity contribution in [1.82, 2.24) is 0 Å². The highest BCUT2D eigenvalue weighted by Crippen LogP contribution is 2.42. The maximum Gasteiger partial charge on any atom is 0.306 e. The van der Waals surface area contributed by atoms with E-state index >= 15 is 0 Å². The van der Waals surface area contributed by atoms with Crippen molar-refractivity contribution in [2.24, 2.45) is 0 Å². The molecule has 0 aromatic heterocycles. The standard InChI is InChI=1S/C15H17NO4/c1-9(17)16-4-3-10-5-14-12(7-13(10)16)11(8-20-14)6-15(18)19-2/h5,7,11H,3-4,6,8H2,1-2H3. The van der Waals surface area contributed by atoms with Crippen molar-refractivity contribution >= 4 is 17.6 Å². The summed E-state index contributed by atoms with van der Waals surface area (Å²) in [4.78, 5) is 24.9. The number of esters is 1. The Bertz CT molecular complexity index is 581. The largest absolute Gasteiger partial charge is 0.493 e. The van der Waals surface area contributed by atoms with Gasteiger partial charge in [-0.2, -0.15) is 0 Å². The van der Waals surface area contributed by atoms with Crippen molar-refractivity contribution in [2.75, 3.05) is 25.2 Å². The molecule has 3 rings (SSSR count). The fourth-order valence-electron chi connectivity index (χ4n) is 2.94. The Morgan fingerprint density at radius 1 is 1.45 bits per heavy atom. The minimum Gasteiger partial charge on any atom is -0.493 e. The number of amides is 1. The van der Waals surface area contributed by atoms with Crippen LogP contribution in [-0.4, -0.2) is 32.1 Å². The van der Waals surface area contributed by atoms with Crippen LogP contribution in [0.2, 0.25) is 0 Å². The summed E-state index contributed by atoms with van der Waals surface area (Å²) in [6.07, 6.45) is 1.16. The SMILES string of the molecule is COC(=O)CC1COc2cc3c(cc21)N(C(C)=O)CC3. The molecule has 1 atom stereocenters. The minimum absolute atomic E-state index is 0.0113. The first kappa shape index (κ1) is 13.0. The average Bonchev–Trinajstić information content (AvgIpc) is 3.00. The first-order valence-corrected chi connectivity index (χ1v) is 6.74. The molecule has 5 heteroatoms. The summed E-state index contributed by atoms with van der Waals surface area (Å²) in [5, 5.41) is 0. The molecule has 0 N–H and O–H groups in total. The Balaban J connectivity index is 1.94. The lowest BCUT2D eigenvalue weighted by Gasteiger charge is -2.16. The molecule has 0 saturated heterocycles. The first-order chi connectivity index (χ1) is 9.60. The third kappa shape index (κ3) is 2.03. The molecule has 2 aliphatic heterocycles. The van der Waals surface area contributed by atoms with Crippen LogP contribution in [0.1, 0.15) is 30.4 Å². The van der Waals surface area contributed by atoms with Crippen molar-refractivity contribution in [3.8, 4) is 5.75 Å². The number of fused-ring (bicyclic) bond motifs is 2. The molecule has 0 aliphatic carbocycles. The Morgan fingerprint density at radius 2 is 2.25 bits per heavy atom. The summed E-state index contributed by atoms with van der Waals surface area (Å²) in [5.74, 6) is 0.655. The zero-order valence-electron chi connectivity index (χ0n) is 11.6. The van der Waals surface area contributed by atoms with Crippen LogP contribution in [0.15, 0.2) is 12.1 Å². The van der Waals surface area contributed by atoms with Crippen molar-refractivity contribution in [1.29, 1.82) is 0 Å². The molecule has 106 valence electrons. The molecule has 0 saturated carbocycles. The minimum atomic E-state index is -0.240. The molecule has 0 bridgehead atoms. The van der Waals surface area contributed by atoms with Crippen LogP contribution in [0.5, 0.6) is 5.75 Å². The van der Waals surface area contributed by atoms with Crippen LogP contribution in [0, 0.1) is 0 Å². The van der Waals surface area contributed by atoms with E-state index in [-0.39, 0.29) is 17.8 Å². The van der Waals surface area contributed by atoms with Crippen LogP contribution in [0.3, 0.4) is 0 Å². The summed E-state index contributed by atoms with van der Waals surface area (Å²) in [5.41, 5.74) is 3.09. The van der Waals surface area contributed by atoms with E-state index in [4.69, 9.17) is 9.47 Å². The molecule has 2 aliphatic rings. The van der Waals surface area contributed by atoms with Gasteiger partial charge in [-0.05, 0) is 24.1 Å². The van der Waals surface area contributed by atoms with Gasteiger partial charge < -0.3 is 14.4 Å². The molecule has 0 radical (unpaired) electrons. The Labute approximate surface area is 117 Å². The van der Waals surface area contributed by atoms with E-state index in [9.17, 15) is 9.59 Å². The van der Waals surface area contributed by atoms with Crippen molar-refractivity contribution in [2.45, 2.75) is 25.7 Å². The Kier molecular flexibility index (Phi) is 3.12. The number of carbonyl (C=O) groups excluding carboxylic acids is 2. The number of hydrogen-bond acceptors (Lipinski definition) is 4. The van der Waals surface area contributed by atoms with Gasteiger partial charge >= 0.3 is 5.97 Å². The van der Waals surface area contributed by atoms with Gasteiger partial charge in [0.1, 0.15) is 5.75 Å². The molecule has 20 heavy (non-hydrogen) atoms. The summed E-state index contributed by atoms with van der Waals surface area (Å²) >= 11 is 0. The number of benzene rings is 1. The predicted molar refractivity (Wildman–Crippen MR) is 73.0 cm³/mol. The third-order valence-electron chi connectivity index (χ3n) is 4.01. The summed E-state index contributed by atoms with van der Waals surface area (Å²) < 4.78 is 10.4. The first-order valence-electron chi connectivity index (χ1n) is 6.74. The molecule has 0 spiro atoms. The van der Waals surface area contributed by atoms with Crippen molar-refractivity contribution in [3.63, 3.8) is 0 Å². The Hall–Kier alpha value is -2.04. The maximum atomic E-state index is 11.6. The van der Waals surface area contributed by atoms with E-state index in [1.165, 1.54) is 7.11 Å². The molecule has 1 aromatic rings. The molecule has 5 nitrogen and oxygen atoms in total. The topological polar surface area (TPSA) is 55.8 Å². The van der Waals surface area contributed by atoms with Crippen LogP contribution >= 0.6 is 0 Å². The van der Waals surface area contributed by atoms with Gasteiger partial charge in [0.25, 0.3) is 0 Å². The smallest absolute Gasteiger partial charge is 0.306 e. The zero-order valence-corrected chi connectivity index (χ0v) is 11.6. The fourth-order valence-corrected chi connectivity index (χ4v) is 2.94. The highest BCUT2D eigenvalue weighted by atomic mass is 16.5. The van der Waals surface area contributed by atoms with E-state index < -0.39 is 0 Å². The van der Waals surface area contributed by atoms with Gasteiger partial charge in [-0.15, -0.1) is 0 Å². The molecular weight excluding hydrogens is 258 g/mol. The number of rotatable bonds is 2. The quantitative estimate of drug-likeness (QED) is 0.770. The van der Waals surface area contributed by atoms with Crippen LogP contribution in [0.25, 0.3) is 0 Å². The molecule has 0 fully saturated rings. The Morgan fingerprint density at radius 3 is 2.95 bits per heavy atom. The van der Waals surface area contributed by atoms with Crippen LogP contribution < -0.4 is 9.64 Å². The predicted octanol–water partition coefficient (Wildman–Crippen LogP) is 1.63. The molecule has 1 amide bonds. The summed E-state index contributed by atoms with van der Waals surface area (Å²) in [6, 6.07) is 4.00. The second-order valence-corrected chi connectivity index (χ2v) is 5.23. The number of hydrogen-bond donors (Lipinski definition) is 0. The van der Waals surface area contributed by atoms with Crippen molar-refractivity contribution in [3.05, 3.63) is 23.3 Å². The number of nitrogens with zero attached hydrogens (tertiary/aromatic N) is 1. The second-order valence-electron chi connectivity index (χ2n) is 5.23. The normalized spacial score (nSPS) is 19.3. The van der Waals surface area contributed by atoms with Crippen LogP contribution in [-0.2, 0) is 20.7 Å². The highest BCUT2D eigenvalue weighted by Gasteiger charge is 2.31. The maximum absolute atomic E-state index is 11.6. The third-order valence-corrected chi connectivity index (χ3v) is 4.01. The van der Waals surface area contributed by atoms with Gasteiger partial charge in [0.15, 0.2) is 0 Å². The van der Waals surface area contributed by atoms with E-state index in [0.717, 1.165) is 35.5 Å². The van der Waals surface area contributed by atoms with Gasteiger partial charge in [-0.25, -0.2) is 0 Å². The highest BCUT2D eigenvalue weighted by molar-refractivity contribution is 5.94. The lowest BCUT2D eigenvalue weighted by molar-refractivity contribution is -0.141. The molecular formula is C15H17NO4. The number of anilines is 1. The van der Waals surface area contributed by atoms with E-state index in [1.54, 1.807) is 11.8 Å². The number of ether oxygens (including phenoxy) is 2. The zero-order chi connectivity index (χ0) is 14.3.